The zero-order chi connectivity index (χ0) is 13.0. The van der Waals surface area contributed by atoms with Crippen molar-refractivity contribution in [1.82, 2.24) is 10.4 Å². The van der Waals surface area contributed by atoms with Crippen LogP contribution in [0.3, 0.4) is 0 Å². The van der Waals surface area contributed by atoms with Crippen LogP contribution in [0.4, 0.5) is 4.79 Å². The summed E-state index contributed by atoms with van der Waals surface area (Å²) in [5.74, 6) is 0. The van der Waals surface area contributed by atoms with Crippen molar-refractivity contribution < 1.29 is 19.7 Å². The van der Waals surface area contributed by atoms with Crippen molar-refractivity contribution in [2.75, 3.05) is 6.54 Å². The summed E-state index contributed by atoms with van der Waals surface area (Å²) in [7, 11) is 0. The number of hydrogen-bond acceptors (Lipinski definition) is 5. The predicted octanol–water partition coefficient (Wildman–Crippen LogP) is 0.213. The summed E-state index contributed by atoms with van der Waals surface area (Å²) < 4.78 is 4.87. The predicted molar refractivity (Wildman–Crippen MR) is 63.1 cm³/mol. The van der Waals surface area contributed by atoms with Crippen LogP contribution in [0.2, 0.25) is 0 Å². The Kier molecular flexibility index (Phi) is 4.14. The highest BCUT2D eigenvalue weighted by atomic mass is 16.6. The average Bonchev–Trinajstić information content (AvgIpc) is 2.38. The molecule has 1 aromatic rings. The number of nitrogens with zero attached hydrogens (tertiary/aromatic N) is 1. The third-order valence-corrected chi connectivity index (χ3v) is 2.76. The van der Waals surface area contributed by atoms with Gasteiger partial charge < -0.3 is 14.9 Å². The lowest BCUT2D eigenvalue weighted by molar-refractivity contribution is -0.144. The topological polar surface area (TPSA) is 82.0 Å². The Morgan fingerprint density at radius 3 is 2.72 bits per heavy atom. The molecule has 1 amide bonds. The van der Waals surface area contributed by atoms with Gasteiger partial charge in [-0.3, -0.25) is 0 Å². The van der Waals surface area contributed by atoms with Crippen LogP contribution in [0.15, 0.2) is 30.3 Å². The Hall–Kier alpha value is -1.63. The molecule has 2 rings (SSSR count). The fourth-order valence-corrected chi connectivity index (χ4v) is 1.74. The van der Waals surface area contributed by atoms with E-state index in [2.05, 4.69) is 5.43 Å². The standard InChI is InChI=1S/C12H16N2O4/c15-11(16)10-6-7-14(12(17)18-10)13-8-9-4-2-1-3-5-9/h1-5,10-11,13,15-16H,6-8H2. The van der Waals surface area contributed by atoms with Crippen LogP contribution in [0.5, 0.6) is 0 Å². The number of benzene rings is 1. The summed E-state index contributed by atoms with van der Waals surface area (Å²) in [5, 5.41) is 19.2. The molecular weight excluding hydrogens is 236 g/mol. The van der Waals surface area contributed by atoms with Crippen molar-refractivity contribution in [3.8, 4) is 0 Å². The van der Waals surface area contributed by atoms with Gasteiger partial charge in [-0.25, -0.2) is 15.2 Å². The molecule has 0 saturated carbocycles. The van der Waals surface area contributed by atoms with Crippen molar-refractivity contribution in [3.63, 3.8) is 0 Å². The van der Waals surface area contributed by atoms with E-state index < -0.39 is 18.5 Å². The maximum atomic E-state index is 11.5. The van der Waals surface area contributed by atoms with E-state index in [0.29, 0.717) is 19.5 Å². The van der Waals surface area contributed by atoms with Gasteiger partial charge in [-0.15, -0.1) is 0 Å². The second-order valence-corrected chi connectivity index (χ2v) is 4.10. The Labute approximate surface area is 105 Å². The Morgan fingerprint density at radius 2 is 2.11 bits per heavy atom. The third-order valence-electron chi connectivity index (χ3n) is 2.76. The van der Waals surface area contributed by atoms with Gasteiger partial charge in [0.05, 0.1) is 0 Å². The summed E-state index contributed by atoms with van der Waals surface area (Å²) in [5.41, 5.74) is 3.99. The highest BCUT2D eigenvalue weighted by molar-refractivity contribution is 5.67. The van der Waals surface area contributed by atoms with Gasteiger partial charge in [-0.2, -0.15) is 0 Å². The molecule has 1 saturated heterocycles. The molecule has 1 aliphatic rings. The number of aliphatic hydroxyl groups excluding tert-OH is 1. The maximum Gasteiger partial charge on any atom is 0.424 e. The number of amides is 1. The zero-order valence-electron chi connectivity index (χ0n) is 9.82. The molecule has 1 heterocycles. The maximum absolute atomic E-state index is 11.5. The van der Waals surface area contributed by atoms with E-state index in [1.165, 1.54) is 5.01 Å². The number of nitrogens with one attached hydrogen (secondary N) is 1. The average molecular weight is 252 g/mol. The molecule has 0 spiro atoms. The lowest BCUT2D eigenvalue weighted by atomic mass is 10.2. The van der Waals surface area contributed by atoms with Crippen molar-refractivity contribution in [1.29, 1.82) is 0 Å². The minimum absolute atomic E-state index is 0.380. The molecule has 1 fully saturated rings. The first-order chi connectivity index (χ1) is 8.66. The molecule has 98 valence electrons. The normalized spacial score (nSPS) is 20.1. The highest BCUT2D eigenvalue weighted by Gasteiger charge is 2.30. The number of rotatable bonds is 4. The molecule has 1 unspecified atom stereocenters. The summed E-state index contributed by atoms with van der Waals surface area (Å²) in [6.45, 7) is 0.899. The highest BCUT2D eigenvalue weighted by Crippen LogP contribution is 2.12. The van der Waals surface area contributed by atoms with Crippen LogP contribution in [-0.4, -0.2) is 40.3 Å². The second kappa shape index (κ2) is 5.81. The van der Waals surface area contributed by atoms with E-state index in [0.717, 1.165) is 5.56 Å². The summed E-state index contributed by atoms with van der Waals surface area (Å²) in [6, 6.07) is 9.66. The molecule has 0 aromatic heterocycles. The van der Waals surface area contributed by atoms with Crippen molar-refractivity contribution in [2.45, 2.75) is 25.4 Å². The number of aliphatic hydroxyl groups is 2. The number of cyclic esters (lactones) is 1. The third kappa shape index (κ3) is 3.19. The van der Waals surface area contributed by atoms with E-state index in [1.54, 1.807) is 0 Å². The molecule has 1 aliphatic heterocycles. The van der Waals surface area contributed by atoms with Crippen LogP contribution < -0.4 is 5.43 Å². The van der Waals surface area contributed by atoms with Gasteiger partial charge in [-0.05, 0) is 5.56 Å². The number of carbonyl (C=O) groups excluding carboxylic acids is 1. The summed E-state index contributed by atoms with van der Waals surface area (Å²) in [4.78, 5) is 11.5. The molecule has 3 N–H and O–H groups in total. The second-order valence-electron chi connectivity index (χ2n) is 4.10. The Bertz CT molecular complexity index is 396. The number of carbonyl (C=O) groups is 1. The fraction of sp³-hybridized carbons (Fsp3) is 0.417. The van der Waals surface area contributed by atoms with Crippen LogP contribution in [0.1, 0.15) is 12.0 Å². The van der Waals surface area contributed by atoms with Crippen molar-refractivity contribution in [2.24, 2.45) is 0 Å². The fourth-order valence-electron chi connectivity index (χ4n) is 1.74. The zero-order valence-corrected chi connectivity index (χ0v) is 9.82. The number of hydrazine groups is 1. The minimum atomic E-state index is -1.62. The van der Waals surface area contributed by atoms with Crippen molar-refractivity contribution in [3.05, 3.63) is 35.9 Å². The van der Waals surface area contributed by atoms with E-state index >= 15 is 0 Å². The van der Waals surface area contributed by atoms with Crippen LogP contribution >= 0.6 is 0 Å². The van der Waals surface area contributed by atoms with Crippen LogP contribution in [0, 0.1) is 0 Å². The van der Waals surface area contributed by atoms with Crippen LogP contribution in [0.25, 0.3) is 0 Å². The first kappa shape index (κ1) is 12.8. The minimum Gasteiger partial charge on any atom is -0.440 e. The van der Waals surface area contributed by atoms with Gasteiger partial charge in [0.25, 0.3) is 0 Å². The molecule has 0 aliphatic carbocycles. The molecule has 6 heteroatoms. The van der Waals surface area contributed by atoms with E-state index in [9.17, 15) is 4.79 Å². The SMILES string of the molecule is O=C1OC(C(O)O)CCN1NCc1ccccc1. The van der Waals surface area contributed by atoms with Gasteiger partial charge in [0.15, 0.2) is 12.4 Å². The van der Waals surface area contributed by atoms with Gasteiger partial charge in [0, 0.05) is 19.5 Å². The summed E-state index contributed by atoms with van der Waals surface area (Å²) >= 11 is 0. The van der Waals surface area contributed by atoms with Gasteiger partial charge in [-0.1, -0.05) is 30.3 Å². The number of hydrogen-bond donors (Lipinski definition) is 3. The quantitative estimate of drug-likeness (QED) is 0.667. The van der Waals surface area contributed by atoms with Crippen LogP contribution in [-0.2, 0) is 11.3 Å². The monoisotopic (exact) mass is 252 g/mol. The lowest BCUT2D eigenvalue weighted by Gasteiger charge is -2.32. The molecular formula is C12H16N2O4. The summed E-state index contributed by atoms with van der Waals surface area (Å²) in [6.07, 6.45) is -2.67. The van der Waals surface area contributed by atoms with E-state index in [4.69, 9.17) is 14.9 Å². The number of ether oxygens (including phenoxy) is 1. The molecule has 6 nitrogen and oxygen atoms in total. The Morgan fingerprint density at radius 1 is 1.39 bits per heavy atom. The van der Waals surface area contributed by atoms with Gasteiger partial charge in [0.2, 0.25) is 0 Å². The molecule has 1 atom stereocenters. The smallest absolute Gasteiger partial charge is 0.424 e. The molecule has 1 aromatic carbocycles. The molecule has 0 radical (unpaired) electrons. The van der Waals surface area contributed by atoms with Gasteiger partial charge in [0.1, 0.15) is 0 Å². The van der Waals surface area contributed by atoms with Crippen molar-refractivity contribution >= 4 is 6.09 Å². The largest absolute Gasteiger partial charge is 0.440 e. The van der Waals surface area contributed by atoms with E-state index in [1.807, 2.05) is 30.3 Å². The Balaban J connectivity index is 1.83. The first-order valence-corrected chi connectivity index (χ1v) is 5.78. The molecule has 18 heavy (non-hydrogen) atoms. The molecule has 0 bridgehead atoms. The van der Waals surface area contributed by atoms with E-state index in [-0.39, 0.29) is 0 Å². The van der Waals surface area contributed by atoms with Gasteiger partial charge >= 0.3 is 6.09 Å². The lowest BCUT2D eigenvalue weighted by Crippen LogP contribution is -2.51. The first-order valence-electron chi connectivity index (χ1n) is 5.78.